The molecule has 0 fully saturated rings. The van der Waals surface area contributed by atoms with Crippen LogP contribution in [0.1, 0.15) is 22.9 Å². The van der Waals surface area contributed by atoms with Crippen LogP contribution in [0.2, 0.25) is 0 Å². The zero-order valence-corrected chi connectivity index (χ0v) is 9.73. The number of aromatic nitrogens is 1. The van der Waals surface area contributed by atoms with Crippen molar-refractivity contribution in [2.24, 2.45) is 5.73 Å². The van der Waals surface area contributed by atoms with Gasteiger partial charge in [0, 0.05) is 17.9 Å². The van der Waals surface area contributed by atoms with Gasteiger partial charge in [0.15, 0.2) is 0 Å². The van der Waals surface area contributed by atoms with Gasteiger partial charge in [-0.3, -0.25) is 4.98 Å². The summed E-state index contributed by atoms with van der Waals surface area (Å²) in [7, 11) is 0. The molecule has 2 nitrogen and oxygen atoms in total. The first-order valence-corrected chi connectivity index (χ1v) is 5.58. The molecule has 1 aromatic carbocycles. The number of rotatable bonds is 3. The molecule has 0 aliphatic heterocycles. The first-order valence-electron chi connectivity index (χ1n) is 5.58. The molecule has 1 aromatic heterocycles. The third kappa shape index (κ3) is 3.11. The summed E-state index contributed by atoms with van der Waals surface area (Å²) in [6.45, 7) is 1.94. The van der Waals surface area contributed by atoms with Crippen molar-refractivity contribution in [3.05, 3.63) is 65.2 Å². The second-order valence-corrected chi connectivity index (χ2v) is 4.17. The quantitative estimate of drug-likeness (QED) is 0.880. The van der Waals surface area contributed by atoms with Gasteiger partial charge in [-0.1, -0.05) is 18.2 Å². The number of nitrogens with zero attached hydrogens (tertiary/aromatic N) is 1. The SMILES string of the molecule is Cc1ccc(C(N)Cc2ccc(F)cc2)cn1. The summed E-state index contributed by atoms with van der Waals surface area (Å²) in [6.07, 6.45) is 2.48. The minimum atomic E-state index is -0.223. The van der Waals surface area contributed by atoms with Crippen molar-refractivity contribution in [1.29, 1.82) is 0 Å². The smallest absolute Gasteiger partial charge is 0.123 e. The topological polar surface area (TPSA) is 38.9 Å². The molecule has 1 atom stereocenters. The van der Waals surface area contributed by atoms with E-state index in [2.05, 4.69) is 4.98 Å². The van der Waals surface area contributed by atoms with E-state index in [9.17, 15) is 4.39 Å². The van der Waals surface area contributed by atoms with Crippen LogP contribution in [0.25, 0.3) is 0 Å². The summed E-state index contributed by atoms with van der Waals surface area (Å²) < 4.78 is 12.8. The summed E-state index contributed by atoms with van der Waals surface area (Å²) in [5, 5.41) is 0. The number of aryl methyl sites for hydroxylation is 1. The van der Waals surface area contributed by atoms with E-state index < -0.39 is 0 Å². The van der Waals surface area contributed by atoms with Crippen molar-refractivity contribution in [3.63, 3.8) is 0 Å². The fourth-order valence-electron chi connectivity index (χ4n) is 1.69. The lowest BCUT2D eigenvalue weighted by Gasteiger charge is -2.11. The van der Waals surface area contributed by atoms with Crippen molar-refractivity contribution in [2.75, 3.05) is 0 Å². The minimum Gasteiger partial charge on any atom is -0.324 e. The Morgan fingerprint density at radius 2 is 1.88 bits per heavy atom. The van der Waals surface area contributed by atoms with Crippen LogP contribution in [0.5, 0.6) is 0 Å². The number of pyridine rings is 1. The summed E-state index contributed by atoms with van der Waals surface area (Å²) in [6, 6.07) is 10.3. The van der Waals surface area contributed by atoms with Gasteiger partial charge in [-0.2, -0.15) is 0 Å². The molecule has 2 rings (SSSR count). The zero-order chi connectivity index (χ0) is 12.3. The highest BCUT2D eigenvalue weighted by molar-refractivity contribution is 5.22. The molecule has 2 aromatic rings. The number of nitrogens with two attached hydrogens (primary N) is 1. The maximum Gasteiger partial charge on any atom is 0.123 e. The van der Waals surface area contributed by atoms with Crippen molar-refractivity contribution in [2.45, 2.75) is 19.4 Å². The highest BCUT2D eigenvalue weighted by atomic mass is 19.1. The monoisotopic (exact) mass is 230 g/mol. The van der Waals surface area contributed by atoms with Crippen LogP contribution in [0.4, 0.5) is 4.39 Å². The van der Waals surface area contributed by atoms with Gasteiger partial charge in [-0.15, -0.1) is 0 Å². The summed E-state index contributed by atoms with van der Waals surface area (Å²) >= 11 is 0. The molecule has 0 saturated heterocycles. The molecule has 0 spiro atoms. The Hall–Kier alpha value is -1.74. The zero-order valence-electron chi connectivity index (χ0n) is 9.73. The summed E-state index contributed by atoms with van der Waals surface area (Å²) in [4.78, 5) is 4.22. The predicted molar refractivity (Wildman–Crippen MR) is 66.0 cm³/mol. The molecule has 0 saturated carbocycles. The van der Waals surface area contributed by atoms with Crippen LogP contribution >= 0.6 is 0 Å². The van der Waals surface area contributed by atoms with Gasteiger partial charge in [0.1, 0.15) is 5.82 Å². The molecule has 17 heavy (non-hydrogen) atoms. The van der Waals surface area contributed by atoms with E-state index in [0.717, 1.165) is 16.8 Å². The minimum absolute atomic E-state index is 0.103. The normalized spacial score (nSPS) is 12.4. The van der Waals surface area contributed by atoms with Gasteiger partial charge in [0.25, 0.3) is 0 Å². The van der Waals surface area contributed by atoms with Crippen LogP contribution in [0.3, 0.4) is 0 Å². The lowest BCUT2D eigenvalue weighted by molar-refractivity contribution is 0.625. The largest absolute Gasteiger partial charge is 0.324 e. The van der Waals surface area contributed by atoms with Crippen LogP contribution in [0.15, 0.2) is 42.6 Å². The Morgan fingerprint density at radius 3 is 2.47 bits per heavy atom. The van der Waals surface area contributed by atoms with E-state index in [1.54, 1.807) is 18.3 Å². The van der Waals surface area contributed by atoms with E-state index in [1.807, 2.05) is 19.1 Å². The van der Waals surface area contributed by atoms with E-state index in [4.69, 9.17) is 5.73 Å². The molecule has 0 aliphatic carbocycles. The summed E-state index contributed by atoms with van der Waals surface area (Å²) in [5.41, 5.74) is 9.08. The third-order valence-corrected chi connectivity index (χ3v) is 2.73. The highest BCUT2D eigenvalue weighted by Gasteiger charge is 2.07. The van der Waals surface area contributed by atoms with Crippen molar-refractivity contribution in [3.8, 4) is 0 Å². The first kappa shape index (κ1) is 11.7. The van der Waals surface area contributed by atoms with E-state index in [1.165, 1.54) is 12.1 Å². The Morgan fingerprint density at radius 1 is 1.18 bits per heavy atom. The van der Waals surface area contributed by atoms with Crippen molar-refractivity contribution in [1.82, 2.24) is 4.98 Å². The molecule has 0 amide bonds. The van der Waals surface area contributed by atoms with Gasteiger partial charge in [-0.25, -0.2) is 4.39 Å². The van der Waals surface area contributed by atoms with Crippen LogP contribution in [-0.4, -0.2) is 4.98 Å². The van der Waals surface area contributed by atoms with Crippen LogP contribution in [0, 0.1) is 12.7 Å². The van der Waals surface area contributed by atoms with Crippen molar-refractivity contribution < 1.29 is 4.39 Å². The van der Waals surface area contributed by atoms with Crippen molar-refractivity contribution >= 4 is 0 Å². The molecule has 3 heteroatoms. The molecule has 1 unspecified atom stereocenters. The van der Waals surface area contributed by atoms with Gasteiger partial charge < -0.3 is 5.73 Å². The molecule has 0 aliphatic rings. The Bertz CT molecular complexity index is 477. The maximum absolute atomic E-state index is 12.8. The average molecular weight is 230 g/mol. The van der Waals surface area contributed by atoms with E-state index in [0.29, 0.717) is 6.42 Å². The molecular formula is C14H15FN2. The van der Waals surface area contributed by atoms with E-state index >= 15 is 0 Å². The second-order valence-electron chi connectivity index (χ2n) is 4.17. The average Bonchev–Trinajstić information content (AvgIpc) is 2.33. The van der Waals surface area contributed by atoms with Gasteiger partial charge in [0.05, 0.1) is 0 Å². The van der Waals surface area contributed by atoms with Gasteiger partial charge in [0.2, 0.25) is 0 Å². The Kier molecular flexibility index (Phi) is 3.49. The molecule has 0 bridgehead atoms. The van der Waals surface area contributed by atoms with Gasteiger partial charge in [-0.05, 0) is 42.7 Å². The highest BCUT2D eigenvalue weighted by Crippen LogP contribution is 2.15. The lowest BCUT2D eigenvalue weighted by atomic mass is 10.0. The third-order valence-electron chi connectivity index (χ3n) is 2.73. The van der Waals surface area contributed by atoms with E-state index in [-0.39, 0.29) is 11.9 Å². The Labute approximate surface area is 100 Å². The molecule has 0 radical (unpaired) electrons. The van der Waals surface area contributed by atoms with Crippen LogP contribution < -0.4 is 5.73 Å². The van der Waals surface area contributed by atoms with Crippen LogP contribution in [-0.2, 0) is 6.42 Å². The lowest BCUT2D eigenvalue weighted by Crippen LogP contribution is -2.13. The number of hydrogen-bond donors (Lipinski definition) is 1. The second kappa shape index (κ2) is 5.06. The standard InChI is InChI=1S/C14H15FN2/c1-10-2-5-12(9-17-10)14(16)8-11-3-6-13(15)7-4-11/h2-7,9,14H,8,16H2,1H3. The number of halogens is 1. The first-order chi connectivity index (χ1) is 8.15. The predicted octanol–water partition coefficient (Wildman–Crippen LogP) is 2.77. The number of hydrogen-bond acceptors (Lipinski definition) is 2. The maximum atomic E-state index is 12.8. The molecule has 1 heterocycles. The summed E-state index contributed by atoms with van der Waals surface area (Å²) in [5.74, 6) is -0.223. The molecular weight excluding hydrogens is 215 g/mol. The fourth-order valence-corrected chi connectivity index (χ4v) is 1.69. The fraction of sp³-hybridized carbons (Fsp3) is 0.214. The number of benzene rings is 1. The van der Waals surface area contributed by atoms with Gasteiger partial charge >= 0.3 is 0 Å². The molecule has 2 N–H and O–H groups in total. The molecule has 88 valence electrons. The Balaban J connectivity index is 2.08.